The maximum Gasteiger partial charge on any atom is 0.258 e. The average molecular weight is 471 g/mol. The van der Waals surface area contributed by atoms with Gasteiger partial charge in [0.15, 0.2) is 5.11 Å². The Morgan fingerprint density at radius 2 is 1.97 bits per heavy atom. The predicted octanol–water partition coefficient (Wildman–Crippen LogP) is 4.71. The van der Waals surface area contributed by atoms with Crippen LogP contribution in [0.1, 0.15) is 24.4 Å². The molecule has 0 fully saturated rings. The van der Waals surface area contributed by atoms with E-state index >= 15 is 0 Å². The highest BCUT2D eigenvalue weighted by molar-refractivity contribution is 7.80. The average Bonchev–Trinajstić information content (AvgIpc) is 3.28. The smallest absolute Gasteiger partial charge is 0.258 e. The van der Waals surface area contributed by atoms with Crippen molar-refractivity contribution in [2.45, 2.75) is 13.0 Å². The van der Waals surface area contributed by atoms with Crippen LogP contribution < -0.4 is 10.1 Å². The number of halogens is 1. The lowest BCUT2D eigenvalue weighted by molar-refractivity contribution is 0.183. The highest BCUT2D eigenvalue weighted by Crippen LogP contribution is 2.38. The molecule has 0 spiro atoms. The number of rotatable bonds is 7. The summed E-state index contributed by atoms with van der Waals surface area (Å²) in [4.78, 5) is 6.68. The van der Waals surface area contributed by atoms with E-state index in [1.54, 1.807) is 14.2 Å². The van der Waals surface area contributed by atoms with Crippen molar-refractivity contribution < 1.29 is 14.0 Å². The summed E-state index contributed by atoms with van der Waals surface area (Å²) in [5.74, 6) is 1.66. The zero-order valence-corrected chi connectivity index (χ0v) is 19.5. The Morgan fingerprint density at radius 3 is 2.66 bits per heavy atom. The lowest BCUT2D eigenvalue weighted by Crippen LogP contribution is -2.47. The van der Waals surface area contributed by atoms with Crippen LogP contribution in [0.4, 0.5) is 0 Å². The van der Waals surface area contributed by atoms with Gasteiger partial charge in [0.25, 0.3) is 5.89 Å². The number of nitrogens with zero attached hydrogens (tertiary/aromatic N) is 3. The summed E-state index contributed by atoms with van der Waals surface area (Å²) >= 11 is 11.9. The molecule has 0 saturated carbocycles. The Kier molecular flexibility index (Phi) is 6.74. The Labute approximate surface area is 197 Å². The molecule has 3 aromatic rings. The maximum absolute atomic E-state index is 6.27. The van der Waals surface area contributed by atoms with E-state index < -0.39 is 0 Å². The molecule has 1 aliphatic rings. The van der Waals surface area contributed by atoms with E-state index in [0.29, 0.717) is 35.0 Å². The SMILES string of the molecule is COCCN1C(=S)NC(c2cccc(Cl)c2)C(c2nc(-c3ccc(OC)cc3)no2)=C1C. The van der Waals surface area contributed by atoms with Gasteiger partial charge in [-0.2, -0.15) is 4.98 Å². The third-order valence-electron chi connectivity index (χ3n) is 5.30. The van der Waals surface area contributed by atoms with E-state index in [2.05, 4.69) is 10.5 Å². The lowest BCUT2D eigenvalue weighted by Gasteiger charge is -2.37. The van der Waals surface area contributed by atoms with Crippen molar-refractivity contribution in [2.24, 2.45) is 0 Å². The molecule has 0 amide bonds. The first-order valence-corrected chi connectivity index (χ1v) is 10.8. The number of hydrogen-bond acceptors (Lipinski definition) is 6. The standard InChI is InChI=1S/C23H23ClN4O3S/c1-14-19(22-26-21(27-31-22)15-7-9-18(30-3)10-8-15)20(16-5-4-6-17(24)13-16)25-23(32)28(14)11-12-29-2/h4-10,13,20H,11-12H2,1-3H3,(H,25,32). The Balaban J connectivity index is 1.78. The van der Waals surface area contributed by atoms with Crippen LogP contribution in [0.2, 0.25) is 5.02 Å². The molecule has 32 heavy (non-hydrogen) atoms. The van der Waals surface area contributed by atoms with Crippen molar-refractivity contribution in [3.05, 3.63) is 70.7 Å². The van der Waals surface area contributed by atoms with Gasteiger partial charge in [-0.3, -0.25) is 0 Å². The van der Waals surface area contributed by atoms with Crippen LogP contribution in [0.15, 0.2) is 58.8 Å². The molecule has 2 aromatic carbocycles. The fourth-order valence-corrected chi connectivity index (χ4v) is 4.18. The number of nitrogens with one attached hydrogen (secondary N) is 1. The first-order valence-electron chi connectivity index (χ1n) is 10.0. The molecule has 7 nitrogen and oxygen atoms in total. The van der Waals surface area contributed by atoms with Crippen LogP contribution >= 0.6 is 23.8 Å². The molecule has 0 bridgehead atoms. The molecule has 9 heteroatoms. The number of hydrogen-bond donors (Lipinski definition) is 1. The number of methoxy groups -OCH3 is 2. The monoisotopic (exact) mass is 470 g/mol. The fraction of sp³-hybridized carbons (Fsp3) is 0.261. The normalized spacial score (nSPS) is 16.3. The molecule has 2 heterocycles. The maximum atomic E-state index is 6.27. The van der Waals surface area contributed by atoms with Crippen LogP contribution in [0.5, 0.6) is 5.75 Å². The topological polar surface area (TPSA) is 72.7 Å². The van der Waals surface area contributed by atoms with E-state index in [9.17, 15) is 0 Å². The first kappa shape index (κ1) is 22.3. The third-order valence-corrected chi connectivity index (χ3v) is 5.88. The molecule has 0 aliphatic carbocycles. The Bertz CT molecular complexity index is 1150. The summed E-state index contributed by atoms with van der Waals surface area (Å²) in [6.45, 7) is 3.11. The van der Waals surface area contributed by atoms with E-state index in [1.807, 2.05) is 60.4 Å². The number of benzene rings is 2. The van der Waals surface area contributed by atoms with Crippen molar-refractivity contribution in [1.29, 1.82) is 0 Å². The van der Waals surface area contributed by atoms with Crippen LogP contribution in [-0.2, 0) is 4.74 Å². The van der Waals surface area contributed by atoms with Gasteiger partial charge >= 0.3 is 0 Å². The van der Waals surface area contributed by atoms with Gasteiger partial charge in [0, 0.05) is 29.9 Å². The second kappa shape index (κ2) is 9.68. The molecule has 1 aliphatic heterocycles. The minimum Gasteiger partial charge on any atom is -0.497 e. The van der Waals surface area contributed by atoms with Gasteiger partial charge in [0.05, 0.1) is 25.3 Å². The molecule has 1 unspecified atom stereocenters. The second-order valence-corrected chi connectivity index (χ2v) is 8.06. The fourth-order valence-electron chi connectivity index (χ4n) is 3.64. The zero-order valence-electron chi connectivity index (χ0n) is 18.0. The molecular weight excluding hydrogens is 448 g/mol. The minimum absolute atomic E-state index is 0.288. The molecule has 1 atom stereocenters. The van der Waals surface area contributed by atoms with Crippen molar-refractivity contribution >= 4 is 34.5 Å². The molecule has 4 rings (SSSR count). The van der Waals surface area contributed by atoms with Crippen LogP contribution in [0.25, 0.3) is 17.0 Å². The summed E-state index contributed by atoms with van der Waals surface area (Å²) < 4.78 is 16.2. The number of aromatic nitrogens is 2. The minimum atomic E-state index is -0.288. The predicted molar refractivity (Wildman–Crippen MR) is 127 cm³/mol. The first-order chi connectivity index (χ1) is 15.5. The summed E-state index contributed by atoms with van der Waals surface area (Å²) in [5.41, 5.74) is 3.53. The van der Waals surface area contributed by atoms with Gasteiger partial charge in [-0.25, -0.2) is 0 Å². The van der Waals surface area contributed by atoms with Crippen molar-refractivity contribution in [2.75, 3.05) is 27.4 Å². The van der Waals surface area contributed by atoms with E-state index in [0.717, 1.165) is 28.1 Å². The van der Waals surface area contributed by atoms with Crippen molar-refractivity contribution in [3.63, 3.8) is 0 Å². The molecule has 1 N–H and O–H groups in total. The van der Waals surface area contributed by atoms with Gasteiger partial charge < -0.3 is 24.2 Å². The number of allylic oxidation sites excluding steroid dienone is 1. The van der Waals surface area contributed by atoms with Gasteiger partial charge in [0.2, 0.25) is 5.82 Å². The summed E-state index contributed by atoms with van der Waals surface area (Å²) in [6.07, 6.45) is 0. The van der Waals surface area contributed by atoms with Crippen molar-refractivity contribution in [3.8, 4) is 17.1 Å². The highest BCUT2D eigenvalue weighted by Gasteiger charge is 2.34. The molecule has 166 valence electrons. The summed E-state index contributed by atoms with van der Waals surface area (Å²) in [6, 6.07) is 14.8. The van der Waals surface area contributed by atoms with E-state index in [1.165, 1.54) is 0 Å². The van der Waals surface area contributed by atoms with E-state index in [-0.39, 0.29) is 6.04 Å². The van der Waals surface area contributed by atoms with Gasteiger partial charge in [-0.15, -0.1) is 0 Å². The Morgan fingerprint density at radius 1 is 1.19 bits per heavy atom. The van der Waals surface area contributed by atoms with Gasteiger partial charge in [0.1, 0.15) is 5.75 Å². The quantitative estimate of drug-likeness (QED) is 0.498. The van der Waals surface area contributed by atoms with Crippen LogP contribution in [0.3, 0.4) is 0 Å². The van der Waals surface area contributed by atoms with Gasteiger partial charge in [-0.05, 0) is 61.1 Å². The van der Waals surface area contributed by atoms with Crippen LogP contribution in [0, 0.1) is 0 Å². The third kappa shape index (κ3) is 4.48. The molecule has 1 aromatic heterocycles. The van der Waals surface area contributed by atoms with E-state index in [4.69, 9.17) is 42.8 Å². The second-order valence-electron chi connectivity index (χ2n) is 7.23. The lowest BCUT2D eigenvalue weighted by atomic mass is 9.95. The molecule has 0 radical (unpaired) electrons. The zero-order chi connectivity index (χ0) is 22.7. The largest absolute Gasteiger partial charge is 0.497 e. The van der Waals surface area contributed by atoms with Gasteiger partial charge in [-0.1, -0.05) is 28.9 Å². The van der Waals surface area contributed by atoms with Crippen molar-refractivity contribution in [1.82, 2.24) is 20.4 Å². The van der Waals surface area contributed by atoms with Crippen LogP contribution in [-0.4, -0.2) is 47.5 Å². The summed E-state index contributed by atoms with van der Waals surface area (Å²) in [7, 11) is 3.29. The number of thiocarbonyl (C=S) groups is 1. The number of ether oxygens (including phenoxy) is 2. The molecule has 0 saturated heterocycles. The Hall–Kier alpha value is -2.94. The highest BCUT2D eigenvalue weighted by atomic mass is 35.5. The molecular formula is C23H23ClN4O3S. The summed E-state index contributed by atoms with van der Waals surface area (Å²) in [5, 5.41) is 8.85.